The Hall–Kier alpha value is -0.980. The van der Waals surface area contributed by atoms with Crippen LogP contribution >= 0.6 is 11.3 Å². The first-order valence-electron chi connectivity index (χ1n) is 10.1. The molecule has 146 valence electrons. The number of nitrogens with zero attached hydrogens (tertiary/aromatic N) is 2. The Bertz CT molecular complexity index is 561. The summed E-state index contributed by atoms with van der Waals surface area (Å²) in [5.41, 5.74) is 1.22. The van der Waals surface area contributed by atoms with Crippen molar-refractivity contribution in [2.24, 2.45) is 5.92 Å². The summed E-state index contributed by atoms with van der Waals surface area (Å²) in [5.74, 6) is 1.38. The van der Waals surface area contributed by atoms with Gasteiger partial charge in [-0.15, -0.1) is 11.3 Å². The number of carbonyl (C=O) groups is 1. The van der Waals surface area contributed by atoms with E-state index in [1.165, 1.54) is 23.5 Å². The van der Waals surface area contributed by atoms with Gasteiger partial charge in [0, 0.05) is 25.0 Å². The first kappa shape index (κ1) is 19.8. The molecule has 26 heavy (non-hydrogen) atoms. The zero-order valence-corrected chi connectivity index (χ0v) is 17.0. The lowest BCUT2D eigenvalue weighted by atomic mass is 9.92. The predicted octanol–water partition coefficient (Wildman–Crippen LogP) is 3.55. The Kier molecular flexibility index (Phi) is 7.46. The molecule has 2 aliphatic heterocycles. The van der Waals surface area contributed by atoms with E-state index in [4.69, 9.17) is 9.72 Å². The third-order valence-corrected chi connectivity index (χ3v) is 6.41. The molecule has 0 unspecified atom stereocenters. The van der Waals surface area contributed by atoms with Crippen LogP contribution in [0.4, 0.5) is 0 Å². The normalized spacial score (nSPS) is 22.2. The molecule has 6 heteroatoms. The van der Waals surface area contributed by atoms with E-state index in [0.29, 0.717) is 24.8 Å². The number of nitrogens with one attached hydrogen (secondary N) is 1. The maximum absolute atomic E-state index is 12.0. The van der Waals surface area contributed by atoms with Crippen LogP contribution in [-0.2, 0) is 16.1 Å². The van der Waals surface area contributed by atoms with Gasteiger partial charge in [-0.25, -0.2) is 4.98 Å². The minimum absolute atomic E-state index is 0.187. The monoisotopic (exact) mass is 379 g/mol. The standard InChI is InChI=1S/C20H33N3O2S/c1-15(2)18-14-26-20(22-18)13-23-9-7-16(8-10-23)5-6-19(24)21-12-17-4-3-11-25-17/h14-17H,3-13H2,1-2H3,(H,21,24)/t17-/m1/s1. The highest BCUT2D eigenvalue weighted by molar-refractivity contribution is 7.09. The molecule has 1 atom stereocenters. The van der Waals surface area contributed by atoms with Gasteiger partial charge in [0.05, 0.1) is 18.3 Å². The summed E-state index contributed by atoms with van der Waals surface area (Å²) in [7, 11) is 0. The summed E-state index contributed by atoms with van der Waals surface area (Å²) >= 11 is 1.79. The smallest absolute Gasteiger partial charge is 0.220 e. The van der Waals surface area contributed by atoms with Crippen LogP contribution < -0.4 is 5.32 Å². The van der Waals surface area contributed by atoms with E-state index in [2.05, 4.69) is 29.4 Å². The SMILES string of the molecule is CC(C)c1csc(CN2CCC(CCC(=O)NC[C@H]3CCCO3)CC2)n1. The van der Waals surface area contributed by atoms with Gasteiger partial charge in [-0.3, -0.25) is 9.69 Å². The molecule has 0 radical (unpaired) electrons. The second-order valence-corrected chi connectivity index (χ2v) is 8.96. The molecule has 2 fully saturated rings. The van der Waals surface area contributed by atoms with Gasteiger partial charge in [-0.2, -0.15) is 0 Å². The molecule has 0 bridgehead atoms. The van der Waals surface area contributed by atoms with Crippen molar-refractivity contribution in [1.82, 2.24) is 15.2 Å². The average Bonchev–Trinajstić information content (AvgIpc) is 3.31. The number of piperidine rings is 1. The van der Waals surface area contributed by atoms with E-state index >= 15 is 0 Å². The summed E-state index contributed by atoms with van der Waals surface area (Å²) < 4.78 is 5.55. The van der Waals surface area contributed by atoms with Crippen molar-refractivity contribution in [2.45, 2.75) is 70.9 Å². The van der Waals surface area contributed by atoms with Crippen LogP contribution in [0.25, 0.3) is 0 Å². The van der Waals surface area contributed by atoms with E-state index in [1.807, 2.05) is 0 Å². The Labute approximate surface area is 161 Å². The number of carbonyl (C=O) groups excluding carboxylic acids is 1. The van der Waals surface area contributed by atoms with Crippen molar-refractivity contribution in [1.29, 1.82) is 0 Å². The lowest BCUT2D eigenvalue weighted by Gasteiger charge is -2.31. The van der Waals surface area contributed by atoms with Crippen LogP contribution in [0, 0.1) is 5.92 Å². The van der Waals surface area contributed by atoms with Crippen LogP contribution in [0.3, 0.4) is 0 Å². The quantitative estimate of drug-likeness (QED) is 0.750. The van der Waals surface area contributed by atoms with Crippen LogP contribution in [0.1, 0.15) is 69.0 Å². The number of aromatic nitrogens is 1. The minimum atomic E-state index is 0.187. The molecule has 2 aliphatic rings. The highest BCUT2D eigenvalue weighted by Crippen LogP contribution is 2.25. The maximum atomic E-state index is 12.0. The highest BCUT2D eigenvalue weighted by atomic mass is 32.1. The number of hydrogen-bond donors (Lipinski definition) is 1. The topological polar surface area (TPSA) is 54.5 Å². The van der Waals surface area contributed by atoms with Crippen molar-refractivity contribution >= 4 is 17.2 Å². The summed E-state index contributed by atoms with van der Waals surface area (Å²) in [6.07, 6.45) is 6.50. The van der Waals surface area contributed by atoms with Crippen molar-refractivity contribution in [3.63, 3.8) is 0 Å². The lowest BCUT2D eigenvalue weighted by Crippen LogP contribution is -2.34. The zero-order valence-electron chi connectivity index (χ0n) is 16.2. The van der Waals surface area contributed by atoms with Crippen LogP contribution in [0.5, 0.6) is 0 Å². The molecule has 0 aromatic carbocycles. The first-order valence-corrected chi connectivity index (χ1v) is 11.0. The second kappa shape index (κ2) is 9.81. The third kappa shape index (κ3) is 6.03. The Balaban J connectivity index is 1.30. The number of thiazole rings is 1. The molecule has 2 saturated heterocycles. The third-order valence-electron chi connectivity index (χ3n) is 5.56. The average molecular weight is 380 g/mol. The van der Waals surface area contributed by atoms with Gasteiger partial charge in [0.2, 0.25) is 5.91 Å². The van der Waals surface area contributed by atoms with E-state index in [1.54, 1.807) is 11.3 Å². The Morgan fingerprint density at radius 3 is 2.85 bits per heavy atom. The molecule has 0 aliphatic carbocycles. The van der Waals surface area contributed by atoms with Crippen molar-refractivity contribution < 1.29 is 9.53 Å². The summed E-state index contributed by atoms with van der Waals surface area (Å²) in [6.45, 7) is 9.15. The summed E-state index contributed by atoms with van der Waals surface area (Å²) in [4.78, 5) is 19.3. The van der Waals surface area contributed by atoms with Gasteiger partial charge in [0.15, 0.2) is 0 Å². The molecule has 1 aromatic rings. The molecule has 0 spiro atoms. The molecule has 1 amide bonds. The minimum Gasteiger partial charge on any atom is -0.376 e. The van der Waals surface area contributed by atoms with Crippen molar-refractivity contribution in [3.05, 3.63) is 16.1 Å². The fraction of sp³-hybridized carbons (Fsp3) is 0.800. The zero-order chi connectivity index (χ0) is 18.4. The van der Waals surface area contributed by atoms with Crippen LogP contribution in [0.2, 0.25) is 0 Å². The van der Waals surface area contributed by atoms with E-state index in [-0.39, 0.29) is 12.0 Å². The fourth-order valence-corrected chi connectivity index (χ4v) is 4.74. The van der Waals surface area contributed by atoms with Gasteiger partial charge in [-0.1, -0.05) is 13.8 Å². The van der Waals surface area contributed by atoms with E-state index < -0.39 is 0 Å². The number of amides is 1. The number of ether oxygens (including phenoxy) is 1. The van der Waals surface area contributed by atoms with E-state index in [9.17, 15) is 4.79 Å². The largest absolute Gasteiger partial charge is 0.376 e. The van der Waals surface area contributed by atoms with Crippen molar-refractivity contribution in [3.8, 4) is 0 Å². The first-order chi connectivity index (χ1) is 12.6. The predicted molar refractivity (Wildman–Crippen MR) is 105 cm³/mol. The molecular formula is C20H33N3O2S. The van der Waals surface area contributed by atoms with Crippen LogP contribution in [0.15, 0.2) is 5.38 Å². The van der Waals surface area contributed by atoms with Gasteiger partial charge in [-0.05, 0) is 57.0 Å². The van der Waals surface area contributed by atoms with Crippen molar-refractivity contribution in [2.75, 3.05) is 26.2 Å². The number of rotatable bonds is 8. The second-order valence-electron chi connectivity index (χ2n) is 8.02. The van der Waals surface area contributed by atoms with Gasteiger partial charge >= 0.3 is 0 Å². The van der Waals surface area contributed by atoms with Crippen LogP contribution in [-0.4, -0.2) is 48.1 Å². The maximum Gasteiger partial charge on any atom is 0.220 e. The highest BCUT2D eigenvalue weighted by Gasteiger charge is 2.21. The van der Waals surface area contributed by atoms with Gasteiger partial charge < -0.3 is 10.1 Å². The Morgan fingerprint density at radius 1 is 1.38 bits per heavy atom. The molecule has 0 saturated carbocycles. The number of hydrogen-bond acceptors (Lipinski definition) is 5. The van der Waals surface area contributed by atoms with E-state index in [0.717, 1.165) is 45.5 Å². The molecule has 1 N–H and O–H groups in total. The lowest BCUT2D eigenvalue weighted by molar-refractivity contribution is -0.122. The molecule has 1 aromatic heterocycles. The fourth-order valence-electron chi connectivity index (χ4n) is 3.74. The van der Waals surface area contributed by atoms with Gasteiger partial charge in [0.1, 0.15) is 5.01 Å². The Morgan fingerprint density at radius 2 is 2.19 bits per heavy atom. The van der Waals surface area contributed by atoms with Gasteiger partial charge in [0.25, 0.3) is 0 Å². The molecule has 5 nitrogen and oxygen atoms in total. The molecule has 3 heterocycles. The summed E-state index contributed by atoms with van der Waals surface area (Å²) in [6, 6.07) is 0. The molecule has 3 rings (SSSR count). The number of likely N-dealkylation sites (tertiary alicyclic amines) is 1. The molecular weight excluding hydrogens is 346 g/mol. The summed E-state index contributed by atoms with van der Waals surface area (Å²) in [5, 5.41) is 6.47.